The molecule has 0 saturated carbocycles. The summed E-state index contributed by atoms with van der Waals surface area (Å²) >= 11 is 0. The number of hydrogen-bond acceptors (Lipinski definition) is 6. The zero-order valence-corrected chi connectivity index (χ0v) is 12.5. The fourth-order valence-electron chi connectivity index (χ4n) is 1.98. The van der Waals surface area contributed by atoms with Crippen LogP contribution in [-0.2, 0) is 18.9 Å². The third-order valence-corrected chi connectivity index (χ3v) is 3.17. The number of nitrogens with two attached hydrogens (primary N) is 1. The summed E-state index contributed by atoms with van der Waals surface area (Å²) in [6.07, 6.45) is -9.48. The molecule has 2 heterocycles. The van der Waals surface area contributed by atoms with Crippen LogP contribution in [0.25, 0.3) is 11.4 Å². The van der Waals surface area contributed by atoms with Gasteiger partial charge in [-0.25, -0.2) is 4.68 Å². The number of aromatic nitrogens is 5. The van der Waals surface area contributed by atoms with Crippen LogP contribution in [0.5, 0.6) is 0 Å². The molecular formula is C13H8F6N6O. The summed E-state index contributed by atoms with van der Waals surface area (Å²) in [6.45, 7) is -0.116. The topological polar surface area (TPSA) is 95.7 Å². The number of nitrogens with zero attached hydrogens (tertiary/aromatic N) is 5. The summed E-state index contributed by atoms with van der Waals surface area (Å²) < 4.78 is 80.0. The third kappa shape index (κ3) is 3.60. The first-order valence-corrected chi connectivity index (χ1v) is 6.82. The molecule has 2 N–H and O–H groups in total. The maximum absolute atomic E-state index is 12.5. The van der Waals surface area contributed by atoms with E-state index in [4.69, 9.17) is 5.73 Å². The standard InChI is InChI=1S/C13H8F6N6O/c14-12(15,16)9-22-11(20)25(23-9)5-6-1-3-7(4-2-6)8-21-10(26-24-8)13(17,18)19/h1-4H,5H2,(H2,20,22,23). The number of halogens is 6. The van der Waals surface area contributed by atoms with Gasteiger partial charge in [-0.2, -0.15) is 36.3 Å². The monoisotopic (exact) mass is 378 g/mol. The highest BCUT2D eigenvalue weighted by Crippen LogP contribution is 2.30. The minimum absolute atomic E-state index is 0.116. The highest BCUT2D eigenvalue weighted by atomic mass is 19.4. The van der Waals surface area contributed by atoms with Crippen LogP contribution in [-0.4, -0.2) is 24.9 Å². The minimum atomic E-state index is -4.76. The maximum Gasteiger partial charge on any atom is 0.471 e. The fourth-order valence-corrected chi connectivity index (χ4v) is 1.98. The second-order valence-corrected chi connectivity index (χ2v) is 5.07. The van der Waals surface area contributed by atoms with Gasteiger partial charge in [0.1, 0.15) is 0 Å². The van der Waals surface area contributed by atoms with Gasteiger partial charge in [0, 0.05) is 5.56 Å². The SMILES string of the molecule is Nc1nc(C(F)(F)F)nn1Cc1ccc(-c2noc(C(F)(F)F)n2)cc1. The Kier molecular flexibility index (Phi) is 4.08. The van der Waals surface area contributed by atoms with Crippen LogP contribution in [0.1, 0.15) is 17.3 Å². The van der Waals surface area contributed by atoms with Crippen molar-refractivity contribution in [1.29, 1.82) is 0 Å². The normalized spacial score (nSPS) is 12.5. The van der Waals surface area contributed by atoms with Crippen LogP contribution in [0, 0.1) is 0 Å². The van der Waals surface area contributed by atoms with Crippen LogP contribution in [0.3, 0.4) is 0 Å². The molecule has 26 heavy (non-hydrogen) atoms. The van der Waals surface area contributed by atoms with Crippen LogP contribution < -0.4 is 5.73 Å². The van der Waals surface area contributed by atoms with E-state index in [2.05, 4.69) is 24.7 Å². The molecule has 0 spiro atoms. The summed E-state index contributed by atoms with van der Waals surface area (Å²) in [5.41, 5.74) is 6.12. The van der Waals surface area contributed by atoms with Crippen molar-refractivity contribution in [1.82, 2.24) is 24.9 Å². The zero-order chi connectivity index (χ0) is 19.1. The summed E-state index contributed by atoms with van der Waals surface area (Å²) in [7, 11) is 0. The van der Waals surface area contributed by atoms with Crippen molar-refractivity contribution >= 4 is 5.95 Å². The van der Waals surface area contributed by atoms with Gasteiger partial charge < -0.3 is 10.3 Å². The van der Waals surface area contributed by atoms with E-state index in [1.54, 1.807) is 0 Å². The number of anilines is 1. The minimum Gasteiger partial charge on any atom is -0.368 e. The number of benzene rings is 1. The van der Waals surface area contributed by atoms with Crippen LogP contribution in [0.15, 0.2) is 28.8 Å². The molecule has 0 unspecified atom stereocenters. The molecule has 3 aromatic rings. The molecule has 0 fully saturated rings. The molecule has 0 aliphatic heterocycles. The molecule has 3 rings (SSSR count). The van der Waals surface area contributed by atoms with Crippen molar-refractivity contribution in [2.24, 2.45) is 0 Å². The third-order valence-electron chi connectivity index (χ3n) is 3.17. The lowest BCUT2D eigenvalue weighted by molar-refractivity contribution is -0.159. The Morgan fingerprint density at radius 3 is 2.12 bits per heavy atom. The van der Waals surface area contributed by atoms with E-state index in [9.17, 15) is 26.3 Å². The summed E-state index contributed by atoms with van der Waals surface area (Å²) in [4.78, 5) is 6.37. The summed E-state index contributed by atoms with van der Waals surface area (Å²) in [5, 5.41) is 6.51. The van der Waals surface area contributed by atoms with E-state index >= 15 is 0 Å². The largest absolute Gasteiger partial charge is 0.471 e. The fraction of sp³-hybridized carbons (Fsp3) is 0.231. The van der Waals surface area contributed by atoms with Crippen LogP contribution in [0.2, 0.25) is 0 Å². The molecule has 7 nitrogen and oxygen atoms in total. The summed E-state index contributed by atoms with van der Waals surface area (Å²) in [6, 6.07) is 5.68. The Bertz CT molecular complexity index is 911. The van der Waals surface area contributed by atoms with Crippen molar-refractivity contribution < 1.29 is 30.9 Å². The molecule has 0 atom stereocenters. The van der Waals surface area contributed by atoms with E-state index in [1.165, 1.54) is 24.3 Å². The molecule has 2 aromatic heterocycles. The van der Waals surface area contributed by atoms with Crippen molar-refractivity contribution in [3.63, 3.8) is 0 Å². The number of nitrogen functional groups attached to an aromatic ring is 1. The van der Waals surface area contributed by atoms with Crippen molar-refractivity contribution in [3.8, 4) is 11.4 Å². The Morgan fingerprint density at radius 2 is 1.62 bits per heavy atom. The van der Waals surface area contributed by atoms with Gasteiger partial charge in [0.2, 0.25) is 11.8 Å². The van der Waals surface area contributed by atoms with Gasteiger partial charge in [0.15, 0.2) is 0 Å². The first-order valence-electron chi connectivity index (χ1n) is 6.82. The zero-order valence-electron chi connectivity index (χ0n) is 12.5. The molecule has 138 valence electrons. The predicted molar refractivity (Wildman–Crippen MR) is 73.3 cm³/mol. The smallest absolute Gasteiger partial charge is 0.368 e. The molecule has 13 heteroatoms. The Labute approximate surface area is 140 Å². The first kappa shape index (κ1) is 17.7. The number of alkyl halides is 6. The van der Waals surface area contributed by atoms with E-state index in [-0.39, 0.29) is 17.9 Å². The molecule has 1 aromatic carbocycles. The average molecular weight is 378 g/mol. The highest BCUT2D eigenvalue weighted by molar-refractivity contribution is 5.54. The van der Waals surface area contributed by atoms with E-state index in [1.807, 2.05) is 0 Å². The maximum atomic E-state index is 12.5. The van der Waals surface area contributed by atoms with E-state index in [0.29, 0.717) is 5.56 Å². The Balaban J connectivity index is 1.78. The molecule has 0 bridgehead atoms. The van der Waals surface area contributed by atoms with E-state index in [0.717, 1.165) is 4.68 Å². The molecule has 0 aliphatic carbocycles. The second kappa shape index (κ2) is 6.00. The van der Waals surface area contributed by atoms with Gasteiger partial charge in [-0.3, -0.25) is 0 Å². The molecular weight excluding hydrogens is 370 g/mol. The van der Waals surface area contributed by atoms with Gasteiger partial charge in [0.05, 0.1) is 6.54 Å². The van der Waals surface area contributed by atoms with Gasteiger partial charge in [-0.15, -0.1) is 5.10 Å². The molecule has 0 saturated heterocycles. The molecule has 0 amide bonds. The van der Waals surface area contributed by atoms with E-state index < -0.39 is 30.0 Å². The van der Waals surface area contributed by atoms with Gasteiger partial charge in [0.25, 0.3) is 5.82 Å². The quantitative estimate of drug-likeness (QED) is 0.704. The Hall–Kier alpha value is -3.12. The lowest BCUT2D eigenvalue weighted by Crippen LogP contribution is -2.09. The predicted octanol–water partition coefficient (Wildman–Crippen LogP) is 3.00. The van der Waals surface area contributed by atoms with Crippen LogP contribution >= 0.6 is 0 Å². The lowest BCUT2D eigenvalue weighted by Gasteiger charge is -2.04. The first-order chi connectivity index (χ1) is 12.0. The average Bonchev–Trinajstić information content (AvgIpc) is 3.15. The van der Waals surface area contributed by atoms with Crippen molar-refractivity contribution in [3.05, 3.63) is 41.5 Å². The summed E-state index contributed by atoms with van der Waals surface area (Å²) in [5.74, 6) is -3.54. The number of hydrogen-bond donors (Lipinski definition) is 1. The van der Waals surface area contributed by atoms with Crippen LogP contribution in [0.4, 0.5) is 32.3 Å². The lowest BCUT2D eigenvalue weighted by atomic mass is 10.1. The van der Waals surface area contributed by atoms with Crippen molar-refractivity contribution in [2.75, 3.05) is 5.73 Å². The van der Waals surface area contributed by atoms with Crippen molar-refractivity contribution in [2.45, 2.75) is 18.9 Å². The highest BCUT2D eigenvalue weighted by Gasteiger charge is 2.38. The Morgan fingerprint density at radius 1 is 0.962 bits per heavy atom. The second-order valence-electron chi connectivity index (χ2n) is 5.07. The number of rotatable bonds is 3. The molecule has 0 aliphatic rings. The molecule has 0 radical (unpaired) electrons. The van der Waals surface area contributed by atoms with Gasteiger partial charge in [-0.1, -0.05) is 29.4 Å². The van der Waals surface area contributed by atoms with Gasteiger partial charge >= 0.3 is 18.2 Å². The van der Waals surface area contributed by atoms with Gasteiger partial charge in [-0.05, 0) is 5.56 Å².